The van der Waals surface area contributed by atoms with Gasteiger partial charge in [0.05, 0.1) is 57.3 Å². The minimum absolute atomic E-state index is 0. The quantitative estimate of drug-likeness (QED) is 0.00162. The van der Waals surface area contributed by atoms with Crippen molar-refractivity contribution >= 4 is 77.4 Å². The minimum Gasteiger partial charge on any atom is -1.00 e. The molecule has 0 spiro atoms. The average Bonchev–Trinajstić information content (AvgIpc) is 0.850. The van der Waals surface area contributed by atoms with E-state index in [1.165, 1.54) is 10.5 Å². The number of hydrogen-bond acceptors (Lipinski definition) is 19. The summed E-state index contributed by atoms with van der Waals surface area (Å²) in [7, 11) is -1.00. The maximum absolute atomic E-state index is 12.2. The number of carbonyl (C=O) groups excluding carboxylic acids is 3. The molecule has 0 radical (unpaired) electrons. The Morgan fingerprint density at radius 1 is 0.526 bits per heavy atom. The summed E-state index contributed by atoms with van der Waals surface area (Å²) in [5.41, 5.74) is 37.6. The molecule has 9 atom stereocenters. The zero-order chi connectivity index (χ0) is 103. The van der Waals surface area contributed by atoms with Crippen LogP contribution in [0.4, 0.5) is 30.7 Å². The number of carbonyl (C=O) groups is 3. The summed E-state index contributed by atoms with van der Waals surface area (Å²) in [6.07, 6.45) is 3.96. The molecule has 0 bridgehead atoms. The van der Waals surface area contributed by atoms with Crippen molar-refractivity contribution < 1.29 is 247 Å². The molecule has 0 amide bonds. The summed E-state index contributed by atoms with van der Waals surface area (Å²) in [5.74, 6) is 10.9. The van der Waals surface area contributed by atoms with Crippen molar-refractivity contribution in [2.45, 2.75) is 309 Å². The fraction of sp³-hybridized carbons (Fsp3) is 0.545. The second-order valence-electron chi connectivity index (χ2n) is 30.1. The molecule has 137 heavy (non-hydrogen) atoms. The summed E-state index contributed by atoms with van der Waals surface area (Å²) in [6, 6.07) is 45.5. The number of azide groups is 1. The van der Waals surface area contributed by atoms with Gasteiger partial charge in [0.25, 0.3) is 6.47 Å². The number of benzene rings is 6. The second-order valence-corrected chi connectivity index (χ2v) is 33.1. The van der Waals surface area contributed by atoms with E-state index in [9.17, 15) is 91.4 Å². The van der Waals surface area contributed by atoms with Gasteiger partial charge in [-0.05, 0) is 228 Å². The average molecular weight is 2210 g/mol. The van der Waals surface area contributed by atoms with Gasteiger partial charge in [-0.2, -0.15) is 26.3 Å². The molecule has 0 fully saturated rings. The fourth-order valence-electron chi connectivity index (χ4n) is 11.9. The van der Waals surface area contributed by atoms with E-state index in [4.69, 9.17) is 62.6 Å². The van der Waals surface area contributed by atoms with Crippen molar-refractivity contribution in [3.63, 3.8) is 0 Å². The zero-order valence-corrected chi connectivity index (χ0v) is 93.6. The number of halogens is 11. The van der Waals surface area contributed by atoms with Gasteiger partial charge in [0.1, 0.15) is 16.8 Å². The number of nitrogens with two attached hydrogens (primary N) is 2. The Morgan fingerprint density at radius 2 is 0.810 bits per heavy atom. The van der Waals surface area contributed by atoms with E-state index in [0.29, 0.717) is 62.5 Å². The van der Waals surface area contributed by atoms with E-state index < -0.39 is 103 Å². The van der Waals surface area contributed by atoms with Crippen LogP contribution in [-0.2, 0) is 64.2 Å². The van der Waals surface area contributed by atoms with Gasteiger partial charge in [0.15, 0.2) is 0 Å². The summed E-state index contributed by atoms with van der Waals surface area (Å²) in [6.45, 7) is 18.4. The Balaban J connectivity index is -0.000000150. The van der Waals surface area contributed by atoms with Crippen LogP contribution in [0.25, 0.3) is 26.4 Å². The van der Waals surface area contributed by atoms with Crippen molar-refractivity contribution in [3.8, 4) is 36.0 Å². The van der Waals surface area contributed by atoms with Crippen LogP contribution in [0, 0.1) is 36.0 Å². The van der Waals surface area contributed by atoms with Gasteiger partial charge < -0.3 is 90.3 Å². The Labute approximate surface area is 949 Å². The van der Waals surface area contributed by atoms with Crippen LogP contribution >= 0.6 is 59.4 Å². The van der Waals surface area contributed by atoms with E-state index in [1.807, 2.05) is 139 Å². The molecule has 0 saturated carbocycles. The summed E-state index contributed by atoms with van der Waals surface area (Å²) in [5, 5.41) is 117. The molecule has 0 heterocycles. The normalized spacial score (nSPS) is 12.7. The summed E-state index contributed by atoms with van der Waals surface area (Å²) >= 11 is 15.4. The van der Waals surface area contributed by atoms with Gasteiger partial charge in [-0.15, -0.1) is 18.0 Å². The molecule has 15 N–H and O–H groups in total. The number of aliphatic hydroxyl groups excluding tert-OH is 7. The largest absolute Gasteiger partial charge is 1.00 e. The molecule has 6 aromatic carbocycles. The number of Topliss-reactive ketones (excluding diaryl/α,β-unsaturated/α-hetero) is 2. The first kappa shape index (κ1) is 151. The van der Waals surface area contributed by atoms with E-state index in [2.05, 4.69) is 111 Å². The van der Waals surface area contributed by atoms with Crippen LogP contribution < -0.4 is 149 Å². The molecule has 0 aromatic heterocycles. The van der Waals surface area contributed by atoms with E-state index in [1.54, 1.807) is 49.4 Å². The fourth-order valence-corrected chi connectivity index (χ4v) is 13.3. The monoisotopic (exact) mass is 2210 g/mol. The topological polar surface area (TPSA) is 466 Å². The molecular weight excluding hydrogens is 2070 g/mol. The van der Waals surface area contributed by atoms with Crippen LogP contribution in [0.3, 0.4) is 0 Å². The maximum Gasteiger partial charge on any atom is 1.00 e. The Morgan fingerprint density at radius 3 is 1.09 bits per heavy atom. The van der Waals surface area contributed by atoms with Crippen LogP contribution in [0.2, 0.25) is 0 Å². The first-order valence-corrected chi connectivity index (χ1v) is 46.0. The molecule has 24 nitrogen and oxygen atoms in total. The van der Waals surface area contributed by atoms with Gasteiger partial charge in [0.2, 0.25) is 11.6 Å². The molecule has 0 aliphatic rings. The van der Waals surface area contributed by atoms with Gasteiger partial charge in [-0.3, -0.25) is 23.7 Å². The zero-order valence-electron chi connectivity index (χ0n) is 81.9. The number of nitrogens with zero attached hydrogens (tertiary/aromatic N) is 6. The van der Waals surface area contributed by atoms with Gasteiger partial charge >= 0.3 is 145 Å². The number of ketones is 2. The van der Waals surface area contributed by atoms with Crippen LogP contribution in [0.15, 0.2) is 164 Å². The van der Waals surface area contributed by atoms with Crippen molar-refractivity contribution in [2.24, 2.45) is 16.6 Å². The molecule has 9 unspecified atom stereocenters. The van der Waals surface area contributed by atoms with Gasteiger partial charge in [-0.1, -0.05) is 270 Å². The van der Waals surface area contributed by atoms with Crippen molar-refractivity contribution in [1.29, 1.82) is 0 Å². The Kier molecular flexibility index (Phi) is 103. The number of aryl methyl sites for hydroxylation is 1. The second kappa shape index (κ2) is 93.4. The predicted molar refractivity (Wildman–Crippen MR) is 531 cm³/mol. The molecule has 6 rings (SSSR count). The van der Waals surface area contributed by atoms with E-state index >= 15 is 0 Å². The summed E-state index contributed by atoms with van der Waals surface area (Å²) < 4.78 is 90.7. The molecule has 0 saturated heterocycles. The molecule has 0 aliphatic carbocycles. The van der Waals surface area contributed by atoms with Gasteiger partial charge in [0, 0.05) is 67.9 Å². The molecule has 6 aromatic rings. The number of hydrogen-bond donors (Lipinski definition) is 13. The first-order valence-electron chi connectivity index (χ1n) is 43.8. The molecule has 0 aliphatic heterocycles. The van der Waals surface area contributed by atoms with Crippen LogP contribution in [0.5, 0.6) is 0 Å². The van der Waals surface area contributed by atoms with Crippen LogP contribution in [0.1, 0.15) is 246 Å². The minimum atomic E-state index is -4.86. The SMILES string of the molecule is C.C.C#CC(O)(CCC)CCC.CCCC(O)(C#Cc1cccc(CC(O)CCC(=O)C(F)(F)F)c1)CC.CCCC(O)(C#Cc1cccc(CC(O)CN)c1)CC.CCCC(O)(CC)CCc1cccc(CC(O)CN)c1.CCO.O=C(CCC(O)Cc1cccc(Br)c1)C(F)(F)F.O=CO[O-].OC(CCl)Cc1cccc(Br)c1.[2H]CF.[H-].[K+].[K+].[N-]=[N+]=NCC(O)Cc1cccc(Br)c1.[N-]=[N+]=[N-].[Na+]. The van der Waals surface area contributed by atoms with Crippen LogP contribution in [-0.4, -0.2) is 185 Å². The molecular formula is C99H146Br3ClF7K2N8NaO16. The standard InChI is InChI=1S/C20H25F3O3.C17H29NO2.C17H25NO2.C12H12BrF3O2.C9H10BrClO.C9H10BrN3O.C9H16O.C2H6O.CH3F.CH2O3.2CH4.2K.N3.Na.H/c1-3-11-19(26,4-2)12-10-15-6-5-7-16(13-15)14-17(24)8-9-18(25)20(21,22)23;2*1-3-9-17(20,4-2)10-8-14-6-5-7-15(11-14)12-16(19)13-18;13-9-3-1-2-8(6-9)7-10(17)4-5-11(18)12(14,15)16;10-8-3-1-2-7(4-8)5-9(12)6-11;10-8-3-1-2-7(4-8)5-9(14)6-12-13-11;1-4-7-9(10,6-3)8-5-2;1-2-3;1-2;2-1-4-3;;;;;1-3-2;;/h5-7,13,17,24,26H,3-4,8-9,11,14H2,1-2H3;5-7,11,16,19-20H,3-4,8-10,12-13,18H2,1-2H3;5-7,11,16,19-20H,3-4,9,12-13,18H2,1-2H3;1-3,6,10,17H,4-5,7H2;1-4,9,12H,5-6H2;1-4,9,14H,5-6H2;3,10H,4-5,7-8H2,1-2H3;3H,2H2,1H3;1H3;1,3H;2*1H4;;;;;/q;;;;;;;;;;;;2*+1;-1;+1;-1/p-1/i;;;;;;;;1D;;;;;;;;. The molecule has 758 valence electrons. The van der Waals surface area contributed by atoms with E-state index in [0.717, 1.165) is 117 Å². The maximum atomic E-state index is 12.2. The summed E-state index contributed by atoms with van der Waals surface area (Å²) in [4.78, 5) is 36.8. The third kappa shape index (κ3) is 84.3. The number of aliphatic hydroxyl groups is 11. The van der Waals surface area contributed by atoms with Crippen molar-refractivity contribution in [3.05, 3.63) is 235 Å². The third-order valence-electron chi connectivity index (χ3n) is 18.7. The van der Waals surface area contributed by atoms with Gasteiger partial charge in [-0.25, -0.2) is 0 Å². The van der Waals surface area contributed by atoms with E-state index in [-0.39, 0.29) is 213 Å². The number of rotatable bonds is 40. The Hall–Kier alpha value is -3.62. The first-order chi connectivity index (χ1) is 62.7. The smallest absolute Gasteiger partial charge is 1.00 e. The predicted octanol–water partition coefficient (Wildman–Crippen LogP) is 10.8. The van der Waals surface area contributed by atoms with Crippen molar-refractivity contribution in [1.82, 2.24) is 0 Å². The third-order valence-corrected chi connectivity index (χ3v) is 20.6. The molecule has 38 heteroatoms. The number of alkyl halides is 8. The van der Waals surface area contributed by atoms with Crippen molar-refractivity contribution in [2.75, 3.05) is 39.3 Å². The Bertz CT molecular complexity index is 4380. The number of terminal acetylenes is 1.